The van der Waals surface area contributed by atoms with Crippen molar-refractivity contribution in [2.75, 3.05) is 13.2 Å². The van der Waals surface area contributed by atoms with E-state index in [-0.39, 0.29) is 37.2 Å². The van der Waals surface area contributed by atoms with Gasteiger partial charge in [-0.1, -0.05) is 30.3 Å². The number of nitrogens with zero attached hydrogens (tertiary/aromatic N) is 1. The molecule has 0 bridgehead atoms. The lowest BCUT2D eigenvalue weighted by Crippen LogP contribution is -2.29. The molecule has 1 saturated heterocycles. The summed E-state index contributed by atoms with van der Waals surface area (Å²) in [4.78, 5) is 37.4. The highest BCUT2D eigenvalue weighted by Gasteiger charge is 2.37. The Morgan fingerprint density at radius 2 is 2.00 bits per heavy atom. The van der Waals surface area contributed by atoms with E-state index < -0.39 is 11.9 Å². The van der Waals surface area contributed by atoms with E-state index >= 15 is 0 Å². The second-order valence-corrected chi connectivity index (χ2v) is 5.48. The van der Waals surface area contributed by atoms with Gasteiger partial charge in [-0.2, -0.15) is 0 Å². The van der Waals surface area contributed by atoms with E-state index in [1.165, 1.54) is 0 Å². The zero-order valence-electron chi connectivity index (χ0n) is 13.0. The Bertz CT molecular complexity index is 555. The summed E-state index contributed by atoms with van der Waals surface area (Å²) in [5.41, 5.74) is 1.04. The van der Waals surface area contributed by atoms with Crippen LogP contribution in [0.3, 0.4) is 0 Å². The maximum atomic E-state index is 12.2. The molecule has 1 amide bonds. The lowest BCUT2D eigenvalue weighted by atomic mass is 10.0. The Kier molecular flexibility index (Phi) is 5.31. The van der Waals surface area contributed by atoms with Crippen molar-refractivity contribution in [3.8, 4) is 0 Å². The highest BCUT2D eigenvalue weighted by atomic mass is 16.5. The van der Waals surface area contributed by atoms with Crippen molar-refractivity contribution < 1.29 is 19.1 Å². The summed E-state index contributed by atoms with van der Waals surface area (Å²) in [6.45, 7) is 4.27. The van der Waals surface area contributed by atoms with Crippen LogP contribution in [-0.4, -0.2) is 35.7 Å². The molecule has 22 heavy (non-hydrogen) atoms. The number of likely N-dealkylation sites (tertiary alicyclic amines) is 1. The van der Waals surface area contributed by atoms with E-state index in [4.69, 9.17) is 4.74 Å². The molecule has 1 fully saturated rings. The number of benzene rings is 1. The number of carbonyl (C=O) groups is 3. The van der Waals surface area contributed by atoms with E-state index in [0.29, 0.717) is 6.54 Å². The third kappa shape index (κ3) is 3.72. The molecule has 2 atom stereocenters. The summed E-state index contributed by atoms with van der Waals surface area (Å²) in [7, 11) is 0. The Labute approximate surface area is 130 Å². The summed E-state index contributed by atoms with van der Waals surface area (Å²) in [5.74, 6) is -1.19. The van der Waals surface area contributed by atoms with Crippen molar-refractivity contribution in [2.45, 2.75) is 32.7 Å². The standard InChI is InChI=1S/C17H21NO4/c1-3-22-17(21)10-15(19)14-9-16(20)18(11-14)12(2)13-7-5-4-6-8-13/h4-8,12,14H,3,9-11H2,1-2H3/t12-,14?/m1/s1. The van der Waals surface area contributed by atoms with E-state index in [1.54, 1.807) is 11.8 Å². The van der Waals surface area contributed by atoms with Crippen LogP contribution in [0.2, 0.25) is 0 Å². The summed E-state index contributed by atoms with van der Waals surface area (Å²) < 4.78 is 4.78. The lowest BCUT2D eigenvalue weighted by molar-refractivity contribution is -0.146. The minimum Gasteiger partial charge on any atom is -0.466 e. The summed E-state index contributed by atoms with van der Waals surface area (Å²) in [6.07, 6.45) is -0.0746. The first kappa shape index (κ1) is 16.2. The van der Waals surface area contributed by atoms with Crippen LogP contribution in [0.5, 0.6) is 0 Å². The van der Waals surface area contributed by atoms with Gasteiger partial charge in [0.25, 0.3) is 0 Å². The predicted molar refractivity (Wildman–Crippen MR) is 80.9 cm³/mol. The third-order valence-electron chi connectivity index (χ3n) is 3.99. The molecule has 5 heteroatoms. The normalized spacial score (nSPS) is 19.1. The minimum atomic E-state index is -0.519. The fraction of sp³-hybridized carbons (Fsp3) is 0.471. The fourth-order valence-corrected chi connectivity index (χ4v) is 2.73. The molecule has 5 nitrogen and oxygen atoms in total. The topological polar surface area (TPSA) is 63.7 Å². The number of hydrogen-bond acceptors (Lipinski definition) is 4. The van der Waals surface area contributed by atoms with Crippen LogP contribution >= 0.6 is 0 Å². The SMILES string of the molecule is CCOC(=O)CC(=O)C1CC(=O)N([C@H](C)c2ccccc2)C1. The molecular formula is C17H21NO4. The number of hydrogen-bond donors (Lipinski definition) is 0. The third-order valence-corrected chi connectivity index (χ3v) is 3.99. The van der Waals surface area contributed by atoms with Crippen LogP contribution in [0.4, 0.5) is 0 Å². The predicted octanol–water partition coefficient (Wildman–Crippen LogP) is 2.12. The number of ketones is 1. The van der Waals surface area contributed by atoms with E-state index in [2.05, 4.69) is 0 Å². The number of Topliss-reactive ketones (excluding diaryl/α,β-unsaturated/α-hetero) is 1. The van der Waals surface area contributed by atoms with Crippen LogP contribution in [0, 0.1) is 5.92 Å². The molecule has 118 valence electrons. The quantitative estimate of drug-likeness (QED) is 0.596. The molecule has 1 aliphatic heterocycles. The van der Waals surface area contributed by atoms with E-state index in [0.717, 1.165) is 5.56 Å². The van der Waals surface area contributed by atoms with Gasteiger partial charge in [-0.15, -0.1) is 0 Å². The fourth-order valence-electron chi connectivity index (χ4n) is 2.73. The molecule has 1 unspecified atom stereocenters. The van der Waals surface area contributed by atoms with Crippen LogP contribution in [0.15, 0.2) is 30.3 Å². The number of carbonyl (C=O) groups excluding carboxylic acids is 3. The van der Waals surface area contributed by atoms with Gasteiger partial charge in [0, 0.05) is 18.9 Å². The largest absolute Gasteiger partial charge is 0.466 e. The molecule has 1 aromatic rings. The summed E-state index contributed by atoms with van der Waals surface area (Å²) in [5, 5.41) is 0. The van der Waals surface area contributed by atoms with Gasteiger partial charge < -0.3 is 9.64 Å². The second kappa shape index (κ2) is 7.20. The molecule has 1 aliphatic rings. The molecule has 0 spiro atoms. The number of esters is 1. The molecular weight excluding hydrogens is 282 g/mol. The van der Waals surface area contributed by atoms with Crippen molar-refractivity contribution in [1.82, 2.24) is 4.90 Å². The van der Waals surface area contributed by atoms with Crippen molar-refractivity contribution >= 4 is 17.7 Å². The van der Waals surface area contributed by atoms with Crippen LogP contribution in [0.1, 0.15) is 38.3 Å². The monoisotopic (exact) mass is 303 g/mol. The number of amides is 1. The molecule has 0 radical (unpaired) electrons. The summed E-state index contributed by atoms with van der Waals surface area (Å²) >= 11 is 0. The van der Waals surface area contributed by atoms with E-state index in [1.807, 2.05) is 37.3 Å². The van der Waals surface area contributed by atoms with Gasteiger partial charge >= 0.3 is 5.97 Å². The second-order valence-electron chi connectivity index (χ2n) is 5.48. The molecule has 1 aromatic carbocycles. The van der Waals surface area contributed by atoms with Gasteiger partial charge in [0.05, 0.1) is 12.6 Å². The van der Waals surface area contributed by atoms with Gasteiger partial charge in [-0.05, 0) is 19.4 Å². The van der Waals surface area contributed by atoms with Crippen LogP contribution in [0.25, 0.3) is 0 Å². The zero-order valence-corrected chi connectivity index (χ0v) is 13.0. The van der Waals surface area contributed by atoms with Gasteiger partial charge in [0.15, 0.2) is 0 Å². The molecule has 0 aromatic heterocycles. The molecule has 0 saturated carbocycles. The molecule has 1 heterocycles. The van der Waals surface area contributed by atoms with Crippen molar-refractivity contribution in [1.29, 1.82) is 0 Å². The Hall–Kier alpha value is -2.17. The van der Waals surface area contributed by atoms with Gasteiger partial charge in [-0.25, -0.2) is 0 Å². The van der Waals surface area contributed by atoms with Crippen LogP contribution in [-0.2, 0) is 19.1 Å². The first-order valence-electron chi connectivity index (χ1n) is 7.55. The van der Waals surface area contributed by atoms with Crippen molar-refractivity contribution in [2.24, 2.45) is 5.92 Å². The molecule has 2 rings (SSSR count). The number of rotatable bonds is 6. The average Bonchev–Trinajstić information content (AvgIpc) is 2.89. The Morgan fingerprint density at radius 1 is 1.32 bits per heavy atom. The van der Waals surface area contributed by atoms with Crippen molar-refractivity contribution in [3.05, 3.63) is 35.9 Å². The smallest absolute Gasteiger partial charge is 0.313 e. The van der Waals surface area contributed by atoms with Gasteiger partial charge in [-0.3, -0.25) is 14.4 Å². The maximum absolute atomic E-state index is 12.2. The average molecular weight is 303 g/mol. The lowest BCUT2D eigenvalue weighted by Gasteiger charge is -2.25. The van der Waals surface area contributed by atoms with Gasteiger partial charge in [0.2, 0.25) is 5.91 Å². The zero-order chi connectivity index (χ0) is 16.1. The number of ether oxygens (including phenoxy) is 1. The first-order valence-corrected chi connectivity index (χ1v) is 7.55. The van der Waals surface area contributed by atoms with Crippen LogP contribution < -0.4 is 0 Å². The Morgan fingerprint density at radius 3 is 2.64 bits per heavy atom. The Balaban J connectivity index is 1.98. The van der Waals surface area contributed by atoms with E-state index in [9.17, 15) is 14.4 Å². The minimum absolute atomic E-state index is 0.0430. The molecule has 0 aliphatic carbocycles. The van der Waals surface area contributed by atoms with Gasteiger partial charge in [0.1, 0.15) is 12.2 Å². The highest BCUT2D eigenvalue weighted by molar-refractivity contribution is 5.99. The van der Waals surface area contributed by atoms with Crippen molar-refractivity contribution in [3.63, 3.8) is 0 Å². The summed E-state index contributed by atoms with van der Waals surface area (Å²) in [6, 6.07) is 9.63. The first-order chi connectivity index (χ1) is 10.5. The molecule has 0 N–H and O–H groups in total. The highest BCUT2D eigenvalue weighted by Crippen LogP contribution is 2.29. The maximum Gasteiger partial charge on any atom is 0.313 e.